The molecule has 0 aliphatic rings. The van der Waals surface area contributed by atoms with Crippen LogP contribution in [0.3, 0.4) is 0 Å². The lowest BCUT2D eigenvalue weighted by Gasteiger charge is -2.16. The summed E-state index contributed by atoms with van der Waals surface area (Å²) in [6.07, 6.45) is 9.31. The lowest BCUT2D eigenvalue weighted by atomic mass is 10.1. The Labute approximate surface area is 143 Å². The van der Waals surface area contributed by atoms with E-state index >= 15 is 0 Å². The monoisotopic (exact) mass is 346 g/mol. The van der Waals surface area contributed by atoms with E-state index in [1.165, 1.54) is 4.88 Å². The van der Waals surface area contributed by atoms with E-state index in [9.17, 15) is 4.79 Å². The molecule has 23 heavy (non-hydrogen) atoms. The largest absolute Gasteiger partial charge is 0.346 e. The molecule has 0 saturated carbocycles. The highest BCUT2D eigenvalue weighted by atomic mass is 32.1. The van der Waals surface area contributed by atoms with Crippen molar-refractivity contribution in [1.29, 1.82) is 0 Å². The molecule has 5 nitrogen and oxygen atoms in total. The van der Waals surface area contributed by atoms with Crippen LogP contribution < -0.4 is 5.32 Å². The van der Waals surface area contributed by atoms with Crippen LogP contribution in [0.4, 0.5) is 0 Å². The first-order chi connectivity index (χ1) is 11.3. The molecule has 0 fully saturated rings. The first-order valence-corrected chi connectivity index (χ1v) is 9.24. The van der Waals surface area contributed by atoms with E-state index in [0.717, 1.165) is 24.4 Å². The number of aryl methyl sites for hydroxylation is 1. The van der Waals surface area contributed by atoms with Crippen molar-refractivity contribution in [1.82, 2.24) is 19.9 Å². The lowest BCUT2D eigenvalue weighted by molar-refractivity contribution is -0.122. The smallest absolute Gasteiger partial charge is 0.220 e. The molecule has 0 aromatic carbocycles. The molecule has 0 unspecified atom stereocenters. The molecule has 3 heterocycles. The van der Waals surface area contributed by atoms with E-state index in [2.05, 4.69) is 26.7 Å². The Morgan fingerprint density at radius 1 is 1.30 bits per heavy atom. The molecule has 3 aromatic heterocycles. The number of carbonyl (C=O) groups excluding carboxylic acids is 1. The van der Waals surface area contributed by atoms with Crippen molar-refractivity contribution < 1.29 is 4.79 Å². The maximum absolute atomic E-state index is 12.2. The van der Waals surface area contributed by atoms with Crippen molar-refractivity contribution in [2.75, 3.05) is 0 Å². The molecule has 0 aliphatic heterocycles. The minimum absolute atomic E-state index is 0.0469. The van der Waals surface area contributed by atoms with Gasteiger partial charge in [-0.1, -0.05) is 6.07 Å². The van der Waals surface area contributed by atoms with Gasteiger partial charge in [0.05, 0.1) is 12.4 Å². The van der Waals surface area contributed by atoms with Crippen LogP contribution in [0.5, 0.6) is 0 Å². The Hall–Kier alpha value is -1.99. The van der Waals surface area contributed by atoms with Crippen LogP contribution in [0, 0.1) is 0 Å². The number of hydrogen-bond donors (Lipinski definition) is 1. The van der Waals surface area contributed by atoms with E-state index in [1.807, 2.05) is 22.2 Å². The Balaban J connectivity index is 1.53. The average molecular weight is 346 g/mol. The fourth-order valence-electron chi connectivity index (χ4n) is 2.34. The predicted octanol–water partition coefficient (Wildman–Crippen LogP) is 3.28. The molecule has 7 heteroatoms. The molecule has 1 N–H and O–H groups in total. The van der Waals surface area contributed by atoms with Gasteiger partial charge in [-0.3, -0.25) is 4.79 Å². The zero-order chi connectivity index (χ0) is 15.9. The second-order valence-electron chi connectivity index (χ2n) is 5.18. The summed E-state index contributed by atoms with van der Waals surface area (Å²) in [4.78, 5) is 21.9. The van der Waals surface area contributed by atoms with Gasteiger partial charge in [0, 0.05) is 48.2 Å². The minimum Gasteiger partial charge on any atom is -0.346 e. The number of imidazole rings is 1. The summed E-state index contributed by atoms with van der Waals surface area (Å²) < 4.78 is 1.98. The van der Waals surface area contributed by atoms with Gasteiger partial charge in [0.15, 0.2) is 0 Å². The number of thiophene rings is 1. The van der Waals surface area contributed by atoms with Crippen molar-refractivity contribution in [3.8, 4) is 0 Å². The second kappa shape index (κ2) is 8.03. The first kappa shape index (κ1) is 15.9. The van der Waals surface area contributed by atoms with E-state index in [-0.39, 0.29) is 11.9 Å². The molecule has 3 aromatic rings. The highest BCUT2D eigenvalue weighted by Gasteiger charge is 2.18. The zero-order valence-corrected chi connectivity index (χ0v) is 14.2. The topological polar surface area (TPSA) is 59.8 Å². The van der Waals surface area contributed by atoms with Crippen LogP contribution in [0.1, 0.15) is 28.8 Å². The maximum Gasteiger partial charge on any atom is 0.220 e. The standard InChI is InChI=1S/C16H18N4OS2/c21-15(4-1-7-20-8-5-17-12-20)19-14(16-18-6-10-23-16)11-13-3-2-9-22-13/h2-3,5-6,8-10,12,14H,1,4,7,11H2,(H,19,21)/t14-/m0/s1. The maximum atomic E-state index is 12.2. The second-order valence-corrected chi connectivity index (χ2v) is 7.14. The van der Waals surface area contributed by atoms with E-state index < -0.39 is 0 Å². The molecule has 0 aliphatic carbocycles. The number of hydrogen-bond acceptors (Lipinski definition) is 5. The van der Waals surface area contributed by atoms with Crippen LogP contribution in [-0.4, -0.2) is 20.4 Å². The summed E-state index contributed by atoms with van der Waals surface area (Å²) in [6, 6.07) is 4.08. The quantitative estimate of drug-likeness (QED) is 0.681. The van der Waals surface area contributed by atoms with E-state index in [4.69, 9.17) is 0 Å². The molecule has 120 valence electrons. The highest BCUT2D eigenvalue weighted by Crippen LogP contribution is 2.23. The van der Waals surface area contributed by atoms with Gasteiger partial charge in [0.25, 0.3) is 0 Å². The first-order valence-electron chi connectivity index (χ1n) is 7.48. The highest BCUT2D eigenvalue weighted by molar-refractivity contribution is 7.10. The molecular weight excluding hydrogens is 328 g/mol. The van der Waals surface area contributed by atoms with Crippen molar-refractivity contribution in [2.45, 2.75) is 31.8 Å². The molecule has 0 bridgehead atoms. The number of nitrogens with zero attached hydrogens (tertiary/aromatic N) is 3. The van der Waals surface area contributed by atoms with Crippen LogP contribution in [-0.2, 0) is 17.8 Å². The summed E-state index contributed by atoms with van der Waals surface area (Å²) in [5, 5.41) is 8.09. The van der Waals surface area contributed by atoms with Gasteiger partial charge < -0.3 is 9.88 Å². The Kier molecular flexibility index (Phi) is 5.55. The van der Waals surface area contributed by atoms with Gasteiger partial charge >= 0.3 is 0 Å². The van der Waals surface area contributed by atoms with E-state index in [0.29, 0.717) is 6.42 Å². The summed E-state index contributed by atoms with van der Waals surface area (Å²) in [5.74, 6) is 0.0712. The fourth-order valence-corrected chi connectivity index (χ4v) is 3.79. The van der Waals surface area contributed by atoms with Gasteiger partial charge in [-0.2, -0.15) is 0 Å². The van der Waals surface area contributed by atoms with Gasteiger partial charge in [-0.25, -0.2) is 9.97 Å². The third-order valence-corrected chi connectivity index (χ3v) is 5.24. The number of amides is 1. The Morgan fingerprint density at radius 3 is 2.96 bits per heavy atom. The normalized spacial score (nSPS) is 12.2. The molecule has 0 spiro atoms. The Bertz CT molecular complexity index is 693. The summed E-state index contributed by atoms with van der Waals surface area (Å²) >= 11 is 3.29. The van der Waals surface area contributed by atoms with Crippen molar-refractivity contribution in [2.24, 2.45) is 0 Å². The van der Waals surface area contributed by atoms with Gasteiger partial charge in [0.2, 0.25) is 5.91 Å². The average Bonchev–Trinajstić information content (AvgIpc) is 3.30. The van der Waals surface area contributed by atoms with Crippen LogP contribution in [0.2, 0.25) is 0 Å². The molecule has 3 rings (SSSR count). The fraction of sp³-hybridized carbons (Fsp3) is 0.312. The van der Waals surface area contributed by atoms with Gasteiger partial charge in [-0.05, 0) is 17.9 Å². The van der Waals surface area contributed by atoms with Crippen molar-refractivity contribution >= 4 is 28.6 Å². The summed E-state index contributed by atoms with van der Waals surface area (Å²) in [5.41, 5.74) is 0. The number of rotatable bonds is 8. The third kappa shape index (κ3) is 4.74. The van der Waals surface area contributed by atoms with Gasteiger partial charge in [-0.15, -0.1) is 22.7 Å². The van der Waals surface area contributed by atoms with Crippen LogP contribution in [0.15, 0.2) is 47.8 Å². The van der Waals surface area contributed by atoms with Crippen molar-refractivity contribution in [3.05, 3.63) is 57.7 Å². The zero-order valence-electron chi connectivity index (χ0n) is 12.6. The lowest BCUT2D eigenvalue weighted by Crippen LogP contribution is -2.29. The molecule has 1 amide bonds. The van der Waals surface area contributed by atoms with Crippen LogP contribution >= 0.6 is 22.7 Å². The minimum atomic E-state index is -0.0469. The summed E-state index contributed by atoms with van der Waals surface area (Å²) in [7, 11) is 0. The number of carbonyl (C=O) groups is 1. The van der Waals surface area contributed by atoms with Crippen molar-refractivity contribution in [3.63, 3.8) is 0 Å². The number of aromatic nitrogens is 3. The third-order valence-electron chi connectivity index (χ3n) is 3.45. The summed E-state index contributed by atoms with van der Waals surface area (Å²) in [6.45, 7) is 0.806. The van der Waals surface area contributed by atoms with Crippen LogP contribution in [0.25, 0.3) is 0 Å². The van der Waals surface area contributed by atoms with E-state index in [1.54, 1.807) is 41.4 Å². The predicted molar refractivity (Wildman–Crippen MR) is 92.5 cm³/mol. The molecule has 1 atom stereocenters. The van der Waals surface area contributed by atoms with Gasteiger partial charge in [0.1, 0.15) is 5.01 Å². The SMILES string of the molecule is O=C(CCCn1ccnc1)N[C@@H](Cc1cccs1)c1nccs1. The Morgan fingerprint density at radius 2 is 2.26 bits per heavy atom. The molecule has 0 saturated heterocycles. The number of nitrogens with one attached hydrogen (secondary N) is 1. The molecular formula is C16H18N4OS2. The molecule has 0 radical (unpaired) electrons. The number of thiazole rings is 1.